The zero-order valence-corrected chi connectivity index (χ0v) is 16.2. The molecular weight excluding hydrogens is 360 g/mol. The smallest absolute Gasteiger partial charge is 0.130 e. The highest BCUT2D eigenvalue weighted by molar-refractivity contribution is 5.66. The fourth-order valence-corrected chi connectivity index (χ4v) is 2.95. The molecule has 1 aromatic heterocycles. The molecule has 0 spiro atoms. The summed E-state index contributed by atoms with van der Waals surface area (Å²) >= 11 is 0. The third kappa shape index (κ3) is 4.93. The minimum absolute atomic E-state index is 0.653. The molecule has 0 radical (unpaired) electrons. The summed E-state index contributed by atoms with van der Waals surface area (Å²) in [6.07, 6.45) is 1.86. The highest BCUT2D eigenvalue weighted by Crippen LogP contribution is 2.26. The number of hydrogen-bond donors (Lipinski definition) is 1. The maximum atomic E-state index is 5.82. The molecule has 0 saturated heterocycles. The molecular formula is C25H22N2O2. The van der Waals surface area contributed by atoms with E-state index in [1.54, 1.807) is 0 Å². The lowest BCUT2D eigenvalue weighted by molar-refractivity contribution is 0.340. The van der Waals surface area contributed by atoms with E-state index in [4.69, 9.17) is 9.47 Å². The molecule has 1 heterocycles. The van der Waals surface area contributed by atoms with Crippen molar-refractivity contribution in [3.8, 4) is 28.4 Å². The van der Waals surface area contributed by atoms with Crippen LogP contribution in [0.1, 0.15) is 6.92 Å². The van der Waals surface area contributed by atoms with Crippen molar-refractivity contribution in [1.29, 1.82) is 0 Å². The van der Waals surface area contributed by atoms with Crippen molar-refractivity contribution >= 4 is 11.5 Å². The summed E-state index contributed by atoms with van der Waals surface area (Å²) in [7, 11) is 0. The molecule has 4 heteroatoms. The lowest BCUT2D eigenvalue weighted by Crippen LogP contribution is -1.94. The number of nitrogens with one attached hydrogen (secondary N) is 1. The fraction of sp³-hybridized carbons (Fsp3) is 0.0800. The van der Waals surface area contributed by atoms with Crippen molar-refractivity contribution in [1.82, 2.24) is 4.98 Å². The van der Waals surface area contributed by atoms with Crippen LogP contribution in [-0.2, 0) is 0 Å². The van der Waals surface area contributed by atoms with Crippen LogP contribution in [-0.4, -0.2) is 11.6 Å². The first-order chi connectivity index (χ1) is 14.3. The number of rotatable bonds is 7. The van der Waals surface area contributed by atoms with E-state index in [2.05, 4.69) is 16.4 Å². The Morgan fingerprint density at radius 3 is 2.21 bits per heavy atom. The van der Waals surface area contributed by atoms with Crippen LogP contribution in [0.25, 0.3) is 11.1 Å². The number of aromatic nitrogens is 1. The van der Waals surface area contributed by atoms with Crippen LogP contribution >= 0.6 is 0 Å². The molecule has 0 aliphatic carbocycles. The zero-order valence-electron chi connectivity index (χ0n) is 16.2. The van der Waals surface area contributed by atoms with Gasteiger partial charge in [0.05, 0.1) is 6.61 Å². The summed E-state index contributed by atoms with van der Waals surface area (Å²) in [5.41, 5.74) is 3.07. The summed E-state index contributed by atoms with van der Waals surface area (Å²) in [6.45, 7) is 2.63. The van der Waals surface area contributed by atoms with Gasteiger partial charge in [-0.05, 0) is 73.2 Å². The van der Waals surface area contributed by atoms with Gasteiger partial charge < -0.3 is 14.8 Å². The van der Waals surface area contributed by atoms with Gasteiger partial charge in [0, 0.05) is 17.4 Å². The quantitative estimate of drug-likeness (QED) is 0.387. The Bertz CT molecular complexity index is 1050. The van der Waals surface area contributed by atoms with E-state index in [9.17, 15) is 0 Å². The van der Waals surface area contributed by atoms with Crippen molar-refractivity contribution in [3.05, 3.63) is 97.2 Å². The van der Waals surface area contributed by atoms with E-state index < -0.39 is 0 Å². The van der Waals surface area contributed by atoms with Gasteiger partial charge in [-0.1, -0.05) is 30.3 Å². The predicted octanol–water partition coefficient (Wildman–Crippen LogP) is 6.68. The number of benzene rings is 3. The average Bonchev–Trinajstić information content (AvgIpc) is 2.77. The van der Waals surface area contributed by atoms with Crippen molar-refractivity contribution in [2.75, 3.05) is 11.9 Å². The van der Waals surface area contributed by atoms with Crippen LogP contribution in [0.3, 0.4) is 0 Å². The minimum Gasteiger partial charge on any atom is -0.494 e. The second-order valence-electron chi connectivity index (χ2n) is 6.46. The number of anilines is 2. The largest absolute Gasteiger partial charge is 0.494 e. The molecule has 0 fully saturated rings. The Hall–Kier alpha value is -3.79. The Balaban J connectivity index is 1.41. The summed E-state index contributed by atoms with van der Waals surface area (Å²) in [6, 6.07) is 29.6. The monoisotopic (exact) mass is 382 g/mol. The van der Waals surface area contributed by atoms with Gasteiger partial charge in [-0.2, -0.15) is 0 Å². The Morgan fingerprint density at radius 2 is 1.48 bits per heavy atom. The summed E-state index contributed by atoms with van der Waals surface area (Å²) in [4.78, 5) is 4.53. The maximum Gasteiger partial charge on any atom is 0.130 e. The lowest BCUT2D eigenvalue weighted by atomic mass is 10.1. The first-order valence-corrected chi connectivity index (χ1v) is 9.59. The Labute approximate surface area is 170 Å². The van der Waals surface area contributed by atoms with Crippen molar-refractivity contribution in [3.63, 3.8) is 0 Å². The summed E-state index contributed by atoms with van der Waals surface area (Å²) in [5.74, 6) is 3.26. The van der Waals surface area contributed by atoms with Crippen LogP contribution in [0.2, 0.25) is 0 Å². The topological polar surface area (TPSA) is 43.4 Å². The van der Waals surface area contributed by atoms with Crippen LogP contribution in [0.4, 0.5) is 11.5 Å². The second kappa shape index (κ2) is 8.93. The molecule has 144 valence electrons. The molecule has 4 aromatic rings. The number of hydrogen-bond acceptors (Lipinski definition) is 4. The van der Waals surface area contributed by atoms with E-state index in [1.807, 2.05) is 98.0 Å². The summed E-state index contributed by atoms with van der Waals surface area (Å²) < 4.78 is 11.4. The fourth-order valence-electron chi connectivity index (χ4n) is 2.95. The van der Waals surface area contributed by atoms with Crippen molar-refractivity contribution in [2.24, 2.45) is 0 Å². The third-order valence-electron chi connectivity index (χ3n) is 4.35. The maximum absolute atomic E-state index is 5.82. The van der Waals surface area contributed by atoms with E-state index in [0.29, 0.717) is 6.61 Å². The van der Waals surface area contributed by atoms with Crippen LogP contribution in [0.5, 0.6) is 17.2 Å². The second-order valence-corrected chi connectivity index (χ2v) is 6.46. The van der Waals surface area contributed by atoms with E-state index in [1.165, 1.54) is 0 Å². The first-order valence-electron chi connectivity index (χ1n) is 9.59. The number of pyridine rings is 1. The standard InChI is InChI=1S/C25H22N2O2/c1-2-28-24-10-6-7-19(17-24)20-11-16-25(26-18-20)27-21-12-14-23(15-13-21)29-22-8-4-3-5-9-22/h3-18H,2H2,1H3,(H,26,27). The van der Waals surface area contributed by atoms with Gasteiger partial charge in [0.25, 0.3) is 0 Å². The van der Waals surface area contributed by atoms with Crippen LogP contribution < -0.4 is 14.8 Å². The van der Waals surface area contributed by atoms with Gasteiger partial charge in [0.15, 0.2) is 0 Å². The van der Waals surface area contributed by atoms with Gasteiger partial charge in [0.1, 0.15) is 23.1 Å². The molecule has 0 aliphatic rings. The number of nitrogens with zero attached hydrogens (tertiary/aromatic N) is 1. The van der Waals surface area contributed by atoms with Gasteiger partial charge >= 0.3 is 0 Å². The molecule has 0 saturated carbocycles. The van der Waals surface area contributed by atoms with Crippen LogP contribution in [0, 0.1) is 0 Å². The molecule has 29 heavy (non-hydrogen) atoms. The molecule has 0 atom stereocenters. The molecule has 3 aromatic carbocycles. The van der Waals surface area contributed by atoms with E-state index in [0.717, 1.165) is 39.9 Å². The molecule has 4 nitrogen and oxygen atoms in total. The Kier molecular flexibility index (Phi) is 5.72. The lowest BCUT2D eigenvalue weighted by Gasteiger charge is -2.09. The molecule has 0 aliphatic heterocycles. The zero-order chi connectivity index (χ0) is 19.9. The molecule has 4 rings (SSSR count). The van der Waals surface area contributed by atoms with Gasteiger partial charge in [-0.25, -0.2) is 4.98 Å². The average molecular weight is 382 g/mol. The molecule has 0 unspecified atom stereocenters. The van der Waals surface area contributed by atoms with Gasteiger partial charge in [0.2, 0.25) is 0 Å². The first kappa shape index (κ1) is 18.6. The van der Waals surface area contributed by atoms with E-state index in [-0.39, 0.29) is 0 Å². The highest BCUT2D eigenvalue weighted by Gasteiger charge is 2.03. The van der Waals surface area contributed by atoms with Crippen LogP contribution in [0.15, 0.2) is 97.2 Å². The van der Waals surface area contributed by atoms with E-state index >= 15 is 0 Å². The Morgan fingerprint density at radius 1 is 0.724 bits per heavy atom. The number of ether oxygens (including phenoxy) is 2. The molecule has 1 N–H and O–H groups in total. The SMILES string of the molecule is CCOc1cccc(-c2ccc(Nc3ccc(Oc4ccccc4)cc3)nc2)c1. The van der Waals surface area contributed by atoms with Gasteiger partial charge in [-0.15, -0.1) is 0 Å². The molecule has 0 amide bonds. The predicted molar refractivity (Wildman–Crippen MR) is 117 cm³/mol. The summed E-state index contributed by atoms with van der Waals surface area (Å²) in [5, 5.41) is 3.31. The number of para-hydroxylation sites is 1. The van der Waals surface area contributed by atoms with Crippen molar-refractivity contribution < 1.29 is 9.47 Å². The normalized spacial score (nSPS) is 10.4. The minimum atomic E-state index is 0.653. The molecule has 0 bridgehead atoms. The third-order valence-corrected chi connectivity index (χ3v) is 4.35. The van der Waals surface area contributed by atoms with Gasteiger partial charge in [-0.3, -0.25) is 0 Å². The highest BCUT2D eigenvalue weighted by atomic mass is 16.5. The van der Waals surface area contributed by atoms with Crippen molar-refractivity contribution in [2.45, 2.75) is 6.92 Å².